The maximum absolute atomic E-state index is 12.6. The maximum atomic E-state index is 12.6. The van der Waals surface area contributed by atoms with Gasteiger partial charge in [-0.2, -0.15) is 0 Å². The van der Waals surface area contributed by atoms with Crippen LogP contribution in [0.3, 0.4) is 0 Å². The van der Waals surface area contributed by atoms with Crippen molar-refractivity contribution in [2.45, 2.75) is 25.8 Å². The molecule has 1 saturated heterocycles. The van der Waals surface area contributed by atoms with Gasteiger partial charge < -0.3 is 14.6 Å². The van der Waals surface area contributed by atoms with Crippen LogP contribution in [0.5, 0.6) is 0 Å². The Kier molecular flexibility index (Phi) is 6.24. The van der Waals surface area contributed by atoms with E-state index in [1.165, 1.54) is 0 Å². The van der Waals surface area contributed by atoms with Crippen LogP contribution in [0.2, 0.25) is 0 Å². The number of halogens is 1. The Labute approximate surface area is 172 Å². The van der Waals surface area contributed by atoms with Gasteiger partial charge in [-0.25, -0.2) is 8.42 Å². The first kappa shape index (κ1) is 20.6. The highest BCUT2D eigenvalue weighted by Gasteiger charge is 2.33. The Bertz CT molecular complexity index is 968. The number of nitrogens with zero attached hydrogens (tertiary/aromatic N) is 1. The molecule has 0 aliphatic carbocycles. The summed E-state index contributed by atoms with van der Waals surface area (Å²) in [7, 11) is -3.04. The lowest BCUT2D eigenvalue weighted by Crippen LogP contribution is -2.41. The molecule has 0 radical (unpaired) electrons. The molecule has 1 aliphatic rings. The molecule has 7 nitrogen and oxygen atoms in total. The molecule has 0 saturated carbocycles. The zero-order valence-corrected chi connectivity index (χ0v) is 17.8. The third kappa shape index (κ3) is 5.02. The summed E-state index contributed by atoms with van der Waals surface area (Å²) in [6.07, 6.45) is 0.680. The summed E-state index contributed by atoms with van der Waals surface area (Å²) in [6, 6.07) is 9.93. The summed E-state index contributed by atoms with van der Waals surface area (Å²) in [4.78, 5) is 26.4. The second-order valence-electron chi connectivity index (χ2n) is 6.67. The summed E-state index contributed by atoms with van der Waals surface area (Å²) < 4.78 is 29.1. The van der Waals surface area contributed by atoms with Gasteiger partial charge in [0.05, 0.1) is 17.9 Å². The number of nitrogens with one attached hydrogen (secondary N) is 1. The third-order valence-corrected chi connectivity index (χ3v) is 6.85. The van der Waals surface area contributed by atoms with Crippen molar-refractivity contribution in [2.24, 2.45) is 0 Å². The molecular formula is C19H21BrN2O5S. The fourth-order valence-corrected chi connectivity index (χ4v) is 5.31. The summed E-state index contributed by atoms with van der Waals surface area (Å²) in [5.41, 5.74) is 1.38. The monoisotopic (exact) mass is 468 g/mol. The van der Waals surface area contributed by atoms with E-state index in [9.17, 15) is 18.0 Å². The first-order valence-electron chi connectivity index (χ1n) is 8.93. The van der Waals surface area contributed by atoms with Crippen molar-refractivity contribution >= 4 is 43.3 Å². The molecule has 1 N–H and O–H groups in total. The number of likely N-dealkylation sites (N-methyl/N-ethyl adjacent to an activating group) is 1. The van der Waals surface area contributed by atoms with Crippen LogP contribution in [0.1, 0.15) is 29.5 Å². The van der Waals surface area contributed by atoms with E-state index in [0.29, 0.717) is 23.3 Å². The number of benzene rings is 1. The average molecular weight is 469 g/mol. The number of amides is 2. The standard InChI is InChI=1S/C19H21BrN2O5S/c1-2-22(15-9-10-28(25,26)12-15)18(23)11-13-3-5-14(6-4-13)21-19(24)16-7-8-17(20)27-16/h3-8,15H,2,9-12H2,1H3,(H,21,24). The smallest absolute Gasteiger partial charge is 0.291 e. The van der Waals surface area contributed by atoms with Crippen molar-refractivity contribution in [3.8, 4) is 0 Å². The molecule has 1 fully saturated rings. The number of carbonyl (C=O) groups is 2. The Morgan fingerprint density at radius 2 is 1.93 bits per heavy atom. The minimum absolute atomic E-state index is 0.0421. The minimum Gasteiger partial charge on any atom is -0.444 e. The Balaban J connectivity index is 1.60. The lowest BCUT2D eigenvalue weighted by Gasteiger charge is -2.27. The number of hydrogen-bond acceptors (Lipinski definition) is 5. The summed E-state index contributed by atoms with van der Waals surface area (Å²) in [5, 5.41) is 2.72. The van der Waals surface area contributed by atoms with Crippen LogP contribution >= 0.6 is 15.9 Å². The predicted molar refractivity (Wildman–Crippen MR) is 109 cm³/mol. The average Bonchev–Trinajstić information content (AvgIpc) is 3.23. The van der Waals surface area contributed by atoms with E-state index in [1.54, 1.807) is 41.3 Å². The van der Waals surface area contributed by atoms with Crippen LogP contribution in [0.4, 0.5) is 5.69 Å². The number of rotatable bonds is 6. The largest absolute Gasteiger partial charge is 0.444 e. The normalized spacial score (nSPS) is 18.0. The van der Waals surface area contributed by atoms with Gasteiger partial charge in [-0.05, 0) is 59.1 Å². The molecule has 1 atom stereocenters. The lowest BCUT2D eigenvalue weighted by molar-refractivity contribution is -0.132. The van der Waals surface area contributed by atoms with Crippen molar-refractivity contribution < 1.29 is 22.4 Å². The van der Waals surface area contributed by atoms with E-state index in [0.717, 1.165) is 5.56 Å². The molecule has 0 bridgehead atoms. The molecule has 3 rings (SSSR count). The topological polar surface area (TPSA) is 96.7 Å². The number of hydrogen-bond donors (Lipinski definition) is 1. The van der Waals surface area contributed by atoms with E-state index < -0.39 is 9.84 Å². The molecule has 1 aromatic carbocycles. The van der Waals surface area contributed by atoms with E-state index in [-0.39, 0.29) is 41.5 Å². The van der Waals surface area contributed by atoms with E-state index >= 15 is 0 Å². The van der Waals surface area contributed by atoms with Gasteiger partial charge in [0.15, 0.2) is 20.3 Å². The van der Waals surface area contributed by atoms with Gasteiger partial charge >= 0.3 is 0 Å². The van der Waals surface area contributed by atoms with Crippen molar-refractivity contribution in [2.75, 3.05) is 23.4 Å². The van der Waals surface area contributed by atoms with Gasteiger partial charge in [-0.1, -0.05) is 12.1 Å². The van der Waals surface area contributed by atoms with Crippen molar-refractivity contribution in [3.05, 3.63) is 52.4 Å². The van der Waals surface area contributed by atoms with Crippen molar-refractivity contribution in [3.63, 3.8) is 0 Å². The molecular weight excluding hydrogens is 448 g/mol. The minimum atomic E-state index is -3.04. The SMILES string of the molecule is CCN(C(=O)Cc1ccc(NC(=O)c2ccc(Br)o2)cc1)C1CCS(=O)(=O)C1. The first-order valence-corrected chi connectivity index (χ1v) is 11.5. The maximum Gasteiger partial charge on any atom is 0.291 e. The highest BCUT2D eigenvalue weighted by Crippen LogP contribution is 2.20. The van der Waals surface area contributed by atoms with Gasteiger partial charge in [-0.3, -0.25) is 9.59 Å². The first-order chi connectivity index (χ1) is 13.3. The van der Waals surface area contributed by atoms with Gasteiger partial charge in [0.2, 0.25) is 5.91 Å². The lowest BCUT2D eigenvalue weighted by atomic mass is 10.1. The van der Waals surface area contributed by atoms with Crippen molar-refractivity contribution in [1.29, 1.82) is 0 Å². The molecule has 2 amide bonds. The zero-order chi connectivity index (χ0) is 20.3. The molecule has 28 heavy (non-hydrogen) atoms. The highest BCUT2D eigenvalue weighted by molar-refractivity contribution is 9.10. The molecule has 150 valence electrons. The van der Waals surface area contributed by atoms with Crippen LogP contribution in [0.25, 0.3) is 0 Å². The van der Waals surface area contributed by atoms with Crippen LogP contribution in [-0.2, 0) is 21.1 Å². The number of anilines is 1. The Morgan fingerprint density at radius 1 is 1.21 bits per heavy atom. The summed E-state index contributed by atoms with van der Waals surface area (Å²) in [5.74, 6) is -0.0881. The molecule has 1 aliphatic heterocycles. The second kappa shape index (κ2) is 8.48. The van der Waals surface area contributed by atoms with Crippen LogP contribution in [-0.4, -0.2) is 49.2 Å². The third-order valence-electron chi connectivity index (χ3n) is 4.67. The summed E-state index contributed by atoms with van der Waals surface area (Å²) >= 11 is 3.15. The quantitative estimate of drug-likeness (QED) is 0.702. The van der Waals surface area contributed by atoms with Gasteiger partial charge in [0, 0.05) is 18.3 Å². The zero-order valence-electron chi connectivity index (χ0n) is 15.4. The molecule has 9 heteroatoms. The number of furan rings is 1. The Morgan fingerprint density at radius 3 is 2.46 bits per heavy atom. The van der Waals surface area contributed by atoms with E-state index in [1.807, 2.05) is 6.92 Å². The van der Waals surface area contributed by atoms with Gasteiger partial charge in [0.25, 0.3) is 5.91 Å². The molecule has 1 unspecified atom stereocenters. The van der Waals surface area contributed by atoms with E-state index in [4.69, 9.17) is 4.42 Å². The number of sulfone groups is 1. The van der Waals surface area contributed by atoms with Crippen LogP contribution in [0, 0.1) is 0 Å². The molecule has 2 aromatic rings. The van der Waals surface area contributed by atoms with Crippen LogP contribution < -0.4 is 5.32 Å². The Hall–Kier alpha value is -2.13. The predicted octanol–water partition coefficient (Wildman–Crippen LogP) is 2.87. The second-order valence-corrected chi connectivity index (χ2v) is 9.68. The fraction of sp³-hybridized carbons (Fsp3) is 0.368. The number of carbonyl (C=O) groups excluding carboxylic acids is 2. The van der Waals surface area contributed by atoms with Crippen molar-refractivity contribution in [1.82, 2.24) is 4.90 Å². The molecule has 2 heterocycles. The summed E-state index contributed by atoms with van der Waals surface area (Å²) in [6.45, 7) is 2.33. The van der Waals surface area contributed by atoms with E-state index in [2.05, 4.69) is 21.2 Å². The van der Waals surface area contributed by atoms with Gasteiger partial charge in [0.1, 0.15) is 0 Å². The molecule has 1 aromatic heterocycles. The van der Waals surface area contributed by atoms with Gasteiger partial charge in [-0.15, -0.1) is 0 Å². The van der Waals surface area contributed by atoms with Crippen LogP contribution in [0.15, 0.2) is 45.5 Å². The highest BCUT2D eigenvalue weighted by atomic mass is 79.9. The fourth-order valence-electron chi connectivity index (χ4n) is 3.27. The molecule has 0 spiro atoms.